The fourth-order valence-electron chi connectivity index (χ4n) is 3.64. The number of amides is 3. The molecule has 2 aromatic carbocycles. The molecule has 0 unspecified atom stereocenters. The molecule has 3 amide bonds. The molecule has 1 heterocycles. The average Bonchev–Trinajstić information content (AvgIpc) is 2.79. The van der Waals surface area contributed by atoms with Crippen LogP contribution in [0.4, 0.5) is 21.9 Å². The Kier molecular flexibility index (Phi) is 7.76. The van der Waals surface area contributed by atoms with Crippen LogP contribution in [0.3, 0.4) is 0 Å². The van der Waals surface area contributed by atoms with Gasteiger partial charge in [-0.15, -0.1) is 0 Å². The van der Waals surface area contributed by atoms with Gasteiger partial charge in [-0.2, -0.15) is 0 Å². The number of nitrogens with zero attached hydrogens (tertiary/aromatic N) is 1. The number of nitrogens with one attached hydrogen (secondary N) is 3. The minimum atomic E-state index is -0.400. The molecule has 3 N–H and O–H groups in total. The number of carbonyl (C=O) groups is 2. The van der Waals surface area contributed by atoms with Crippen molar-refractivity contribution in [1.29, 1.82) is 0 Å². The van der Waals surface area contributed by atoms with E-state index < -0.39 is 6.03 Å². The lowest BCUT2D eigenvalue weighted by atomic mass is 10.1. The number of methoxy groups -OCH3 is 1. The maximum Gasteiger partial charge on any atom is 0.323 e. The third-order valence-electron chi connectivity index (χ3n) is 5.54. The molecule has 166 valence electrons. The molecule has 3 rings (SSSR count). The Morgan fingerprint density at radius 3 is 2.52 bits per heavy atom. The van der Waals surface area contributed by atoms with Crippen LogP contribution >= 0.6 is 0 Å². The first-order chi connectivity index (χ1) is 15.0. The van der Waals surface area contributed by atoms with Crippen molar-refractivity contribution in [2.45, 2.75) is 45.6 Å². The van der Waals surface area contributed by atoms with E-state index in [0.717, 1.165) is 38.0 Å². The molecule has 0 spiro atoms. The van der Waals surface area contributed by atoms with Crippen molar-refractivity contribution in [3.05, 3.63) is 48.0 Å². The van der Waals surface area contributed by atoms with Gasteiger partial charge in [0.2, 0.25) is 0 Å². The van der Waals surface area contributed by atoms with Crippen LogP contribution in [0.25, 0.3) is 0 Å². The predicted octanol–water partition coefficient (Wildman–Crippen LogP) is 4.86. The second-order valence-electron chi connectivity index (χ2n) is 7.84. The van der Waals surface area contributed by atoms with Gasteiger partial charge in [0, 0.05) is 30.5 Å². The van der Waals surface area contributed by atoms with Gasteiger partial charge < -0.3 is 25.6 Å². The molecule has 1 fully saturated rings. The third-order valence-corrected chi connectivity index (χ3v) is 5.54. The van der Waals surface area contributed by atoms with E-state index >= 15 is 0 Å². The summed E-state index contributed by atoms with van der Waals surface area (Å²) in [4.78, 5) is 27.8. The first-order valence-electron chi connectivity index (χ1n) is 10.9. The molecule has 1 saturated heterocycles. The monoisotopic (exact) mass is 424 g/mol. The number of rotatable bonds is 7. The lowest BCUT2D eigenvalue weighted by Crippen LogP contribution is -2.35. The molecule has 0 radical (unpaired) electrons. The molecule has 0 saturated carbocycles. The molecule has 31 heavy (non-hydrogen) atoms. The Bertz CT molecular complexity index is 909. The summed E-state index contributed by atoms with van der Waals surface area (Å²) < 4.78 is 5.28. The second-order valence-corrected chi connectivity index (χ2v) is 7.84. The van der Waals surface area contributed by atoms with Gasteiger partial charge in [0.15, 0.2) is 0 Å². The van der Waals surface area contributed by atoms with Crippen molar-refractivity contribution >= 4 is 29.0 Å². The van der Waals surface area contributed by atoms with Gasteiger partial charge in [0.05, 0.1) is 18.4 Å². The van der Waals surface area contributed by atoms with E-state index in [2.05, 4.69) is 20.9 Å². The highest BCUT2D eigenvalue weighted by atomic mass is 16.5. The van der Waals surface area contributed by atoms with Crippen LogP contribution in [0.5, 0.6) is 5.75 Å². The van der Waals surface area contributed by atoms with Crippen LogP contribution < -0.4 is 25.6 Å². The van der Waals surface area contributed by atoms with E-state index in [0.29, 0.717) is 22.7 Å². The molecule has 7 nitrogen and oxygen atoms in total. The SMILES string of the molecule is CC[C@H](C)NC(=O)c1cc(NC(=O)Nc2ccccc2OC)ccc1N1CCCCC1. The van der Waals surface area contributed by atoms with E-state index in [-0.39, 0.29) is 11.9 Å². The van der Waals surface area contributed by atoms with Crippen molar-refractivity contribution < 1.29 is 14.3 Å². The number of para-hydroxylation sites is 2. The quantitative estimate of drug-likeness (QED) is 0.593. The summed E-state index contributed by atoms with van der Waals surface area (Å²) in [5.41, 5.74) is 2.62. The average molecular weight is 425 g/mol. The number of hydrogen-bond donors (Lipinski definition) is 3. The van der Waals surface area contributed by atoms with Crippen molar-refractivity contribution in [1.82, 2.24) is 5.32 Å². The zero-order valence-electron chi connectivity index (χ0n) is 18.5. The highest BCUT2D eigenvalue weighted by Crippen LogP contribution is 2.28. The Hall–Kier alpha value is -3.22. The normalized spacial score (nSPS) is 14.5. The second kappa shape index (κ2) is 10.7. The fourth-order valence-corrected chi connectivity index (χ4v) is 3.64. The topological polar surface area (TPSA) is 82.7 Å². The van der Waals surface area contributed by atoms with Crippen LogP contribution in [0.1, 0.15) is 49.9 Å². The Morgan fingerprint density at radius 2 is 1.81 bits per heavy atom. The maximum atomic E-state index is 13.0. The number of benzene rings is 2. The molecule has 1 aliphatic rings. The minimum absolute atomic E-state index is 0.0761. The summed E-state index contributed by atoms with van der Waals surface area (Å²) >= 11 is 0. The molecule has 0 aliphatic carbocycles. The first kappa shape index (κ1) is 22.5. The number of piperidine rings is 1. The number of carbonyl (C=O) groups excluding carboxylic acids is 2. The predicted molar refractivity (Wildman–Crippen MR) is 125 cm³/mol. The van der Waals surface area contributed by atoms with Crippen molar-refractivity contribution in [3.63, 3.8) is 0 Å². The molecule has 0 aromatic heterocycles. The van der Waals surface area contributed by atoms with Crippen LogP contribution in [0.15, 0.2) is 42.5 Å². The van der Waals surface area contributed by atoms with Crippen molar-refractivity contribution in [2.24, 2.45) is 0 Å². The van der Waals surface area contributed by atoms with Gasteiger partial charge in [-0.25, -0.2) is 4.79 Å². The van der Waals surface area contributed by atoms with E-state index in [1.807, 2.05) is 38.1 Å². The minimum Gasteiger partial charge on any atom is -0.495 e. The molecular formula is C24H32N4O3. The molecule has 7 heteroatoms. The van der Waals surface area contributed by atoms with Crippen LogP contribution in [-0.4, -0.2) is 38.2 Å². The summed E-state index contributed by atoms with van der Waals surface area (Å²) in [7, 11) is 1.56. The van der Waals surface area contributed by atoms with Gasteiger partial charge >= 0.3 is 6.03 Å². The van der Waals surface area contributed by atoms with Gasteiger partial charge in [0.1, 0.15) is 5.75 Å². The van der Waals surface area contributed by atoms with Gasteiger partial charge in [-0.3, -0.25) is 4.79 Å². The molecule has 1 atom stereocenters. The number of urea groups is 1. The van der Waals surface area contributed by atoms with E-state index in [4.69, 9.17) is 4.74 Å². The highest BCUT2D eigenvalue weighted by Gasteiger charge is 2.20. The fraction of sp³-hybridized carbons (Fsp3) is 0.417. The highest BCUT2D eigenvalue weighted by molar-refractivity contribution is 6.04. The summed E-state index contributed by atoms with van der Waals surface area (Å²) in [6.07, 6.45) is 4.30. The summed E-state index contributed by atoms with van der Waals surface area (Å²) in [5.74, 6) is 0.454. The Balaban J connectivity index is 1.81. The molecule has 0 bridgehead atoms. The summed E-state index contributed by atoms with van der Waals surface area (Å²) in [6.45, 7) is 5.90. The third kappa shape index (κ3) is 5.90. The number of ether oxygens (including phenoxy) is 1. The van der Waals surface area contributed by atoms with Gasteiger partial charge in [-0.05, 0) is 62.9 Å². The van der Waals surface area contributed by atoms with Gasteiger partial charge in [0.25, 0.3) is 5.91 Å². The van der Waals surface area contributed by atoms with Crippen molar-refractivity contribution in [3.8, 4) is 5.75 Å². The van der Waals surface area contributed by atoms with E-state index in [1.54, 1.807) is 25.3 Å². The lowest BCUT2D eigenvalue weighted by molar-refractivity contribution is 0.0939. The van der Waals surface area contributed by atoms with Crippen LogP contribution in [-0.2, 0) is 0 Å². The largest absolute Gasteiger partial charge is 0.495 e. The molecular weight excluding hydrogens is 392 g/mol. The zero-order chi connectivity index (χ0) is 22.2. The summed E-state index contributed by atoms with van der Waals surface area (Å²) in [5, 5.41) is 8.67. The number of anilines is 3. The van der Waals surface area contributed by atoms with Crippen LogP contribution in [0, 0.1) is 0 Å². The van der Waals surface area contributed by atoms with Crippen LogP contribution in [0.2, 0.25) is 0 Å². The zero-order valence-corrected chi connectivity index (χ0v) is 18.5. The standard InChI is InChI=1S/C24H32N4O3/c1-4-17(2)25-23(29)19-16-18(12-13-21(19)28-14-8-5-9-15-28)26-24(30)27-20-10-6-7-11-22(20)31-3/h6-7,10-13,16-17H,4-5,8-9,14-15H2,1-3H3,(H,25,29)(H2,26,27,30)/t17-/m0/s1. The molecule has 1 aliphatic heterocycles. The Morgan fingerprint density at radius 1 is 1.06 bits per heavy atom. The lowest BCUT2D eigenvalue weighted by Gasteiger charge is -2.31. The van der Waals surface area contributed by atoms with Crippen molar-refractivity contribution in [2.75, 3.05) is 35.7 Å². The smallest absolute Gasteiger partial charge is 0.323 e. The summed E-state index contributed by atoms with van der Waals surface area (Å²) in [6, 6.07) is 12.4. The first-order valence-corrected chi connectivity index (χ1v) is 10.9. The van der Waals surface area contributed by atoms with Gasteiger partial charge in [-0.1, -0.05) is 19.1 Å². The maximum absolute atomic E-state index is 13.0. The number of hydrogen-bond acceptors (Lipinski definition) is 4. The van der Waals surface area contributed by atoms with E-state index in [9.17, 15) is 9.59 Å². The Labute approximate surface area is 184 Å². The van der Waals surface area contributed by atoms with E-state index in [1.165, 1.54) is 6.42 Å². The molecule has 2 aromatic rings.